The van der Waals surface area contributed by atoms with E-state index in [4.69, 9.17) is 0 Å². The molecular weight excluding hydrogens is 351 g/mol. The zero-order valence-corrected chi connectivity index (χ0v) is 16.6. The normalized spacial score (nSPS) is 31.0. The monoisotopic (exact) mass is 383 g/mol. The maximum absolute atomic E-state index is 15.8. The molecule has 2 fully saturated rings. The molecule has 4 unspecified atom stereocenters. The average Bonchev–Trinajstić information content (AvgIpc) is 2.58. The van der Waals surface area contributed by atoms with Gasteiger partial charge in [0.2, 0.25) is 0 Å². The highest BCUT2D eigenvalue weighted by atomic mass is 32.2. The van der Waals surface area contributed by atoms with Crippen LogP contribution in [0.2, 0.25) is 0 Å². The van der Waals surface area contributed by atoms with Crippen molar-refractivity contribution in [3.05, 3.63) is 0 Å². The summed E-state index contributed by atoms with van der Waals surface area (Å²) in [4.78, 5) is 0. The highest BCUT2D eigenvalue weighted by Crippen LogP contribution is 2.51. The lowest BCUT2D eigenvalue weighted by Crippen LogP contribution is -2.65. The minimum atomic E-state index is -4.63. The van der Waals surface area contributed by atoms with Crippen LogP contribution in [0, 0.1) is 11.8 Å². The number of fused-ring (bicyclic) bond motifs is 1. The van der Waals surface area contributed by atoms with Crippen molar-refractivity contribution in [2.24, 2.45) is 11.8 Å². The van der Waals surface area contributed by atoms with Gasteiger partial charge >= 0.3 is 0 Å². The SMILES string of the molecule is CCC(F)(C(C)(C)F)C(F)(CC)S(=O)(=O)N1CCC2CCCCC2C1. The number of rotatable bonds is 6. The fourth-order valence-electron chi connectivity index (χ4n) is 4.79. The quantitative estimate of drug-likeness (QED) is 0.662. The fourth-order valence-corrected chi connectivity index (χ4v) is 7.09. The Labute approximate surface area is 150 Å². The molecular formula is C18H32F3NO2S. The van der Waals surface area contributed by atoms with Crippen molar-refractivity contribution in [3.63, 3.8) is 0 Å². The molecule has 1 saturated heterocycles. The standard InChI is InChI=1S/C18H32F3NO2S/c1-5-17(20,16(3,4)19)18(21,6-2)25(23,24)22-12-11-14-9-7-8-10-15(14)13-22/h14-15H,5-13H2,1-4H3. The van der Waals surface area contributed by atoms with Crippen LogP contribution >= 0.6 is 0 Å². The van der Waals surface area contributed by atoms with Crippen molar-refractivity contribution in [1.82, 2.24) is 4.31 Å². The van der Waals surface area contributed by atoms with Crippen molar-refractivity contribution in [2.45, 2.75) is 89.0 Å². The van der Waals surface area contributed by atoms with Crippen LogP contribution in [-0.2, 0) is 10.0 Å². The predicted molar refractivity (Wildman–Crippen MR) is 94.0 cm³/mol. The Bertz CT molecular complexity index is 577. The molecule has 25 heavy (non-hydrogen) atoms. The van der Waals surface area contributed by atoms with Crippen LogP contribution in [-0.4, -0.2) is 42.2 Å². The first-order valence-corrected chi connectivity index (χ1v) is 10.9. The second kappa shape index (κ2) is 7.02. The van der Waals surface area contributed by atoms with E-state index >= 15 is 8.78 Å². The van der Waals surface area contributed by atoms with Crippen molar-refractivity contribution in [1.29, 1.82) is 0 Å². The van der Waals surface area contributed by atoms with Crippen LogP contribution in [0.1, 0.15) is 72.6 Å². The summed E-state index contributed by atoms with van der Waals surface area (Å²) in [6.07, 6.45) is 3.71. The Kier molecular flexibility index (Phi) is 5.90. The second-order valence-corrected chi connectivity index (χ2v) is 10.3. The molecule has 1 heterocycles. The lowest BCUT2D eigenvalue weighted by Gasteiger charge is -2.47. The summed E-state index contributed by atoms with van der Waals surface area (Å²) in [6, 6.07) is 0. The Balaban J connectivity index is 2.38. The van der Waals surface area contributed by atoms with Gasteiger partial charge in [0.15, 0.2) is 5.67 Å². The number of piperidine rings is 1. The summed E-state index contributed by atoms with van der Waals surface area (Å²) in [5.74, 6) is 0.669. The van der Waals surface area contributed by atoms with Crippen LogP contribution < -0.4 is 0 Å². The highest BCUT2D eigenvalue weighted by molar-refractivity contribution is 7.90. The van der Waals surface area contributed by atoms with Gasteiger partial charge in [0.05, 0.1) is 0 Å². The van der Waals surface area contributed by atoms with Crippen LogP contribution in [0.25, 0.3) is 0 Å². The maximum atomic E-state index is 15.8. The van der Waals surface area contributed by atoms with Gasteiger partial charge < -0.3 is 0 Å². The molecule has 0 aromatic heterocycles. The van der Waals surface area contributed by atoms with Crippen LogP contribution in [0.3, 0.4) is 0 Å². The summed E-state index contributed by atoms with van der Waals surface area (Å²) in [7, 11) is -4.63. The first kappa shape index (κ1) is 21.0. The number of hydrogen-bond donors (Lipinski definition) is 0. The molecule has 2 rings (SSSR count). The third-order valence-electron chi connectivity index (χ3n) is 6.48. The zero-order valence-electron chi connectivity index (χ0n) is 15.8. The predicted octanol–water partition coefficient (Wildman–Crippen LogP) is 4.77. The van der Waals surface area contributed by atoms with Crippen molar-refractivity contribution >= 4 is 10.0 Å². The van der Waals surface area contributed by atoms with E-state index in [0.29, 0.717) is 12.3 Å². The van der Waals surface area contributed by atoms with Crippen molar-refractivity contribution < 1.29 is 21.6 Å². The number of sulfonamides is 1. The molecule has 0 aromatic rings. The molecule has 7 heteroatoms. The number of alkyl halides is 3. The molecule has 0 spiro atoms. The zero-order chi connectivity index (χ0) is 19.1. The van der Waals surface area contributed by atoms with E-state index in [1.165, 1.54) is 13.8 Å². The molecule has 0 radical (unpaired) electrons. The molecule has 0 aromatic carbocycles. The molecule has 1 aliphatic heterocycles. The third kappa shape index (κ3) is 3.24. The number of halogens is 3. The van der Waals surface area contributed by atoms with Crippen molar-refractivity contribution in [2.75, 3.05) is 13.1 Å². The number of hydrogen-bond acceptors (Lipinski definition) is 2. The van der Waals surface area contributed by atoms with E-state index in [0.717, 1.165) is 43.8 Å². The largest absolute Gasteiger partial charge is 0.260 e. The van der Waals surface area contributed by atoms with Gasteiger partial charge in [0.25, 0.3) is 15.0 Å². The summed E-state index contributed by atoms with van der Waals surface area (Å²) >= 11 is 0. The van der Waals surface area contributed by atoms with E-state index in [2.05, 4.69) is 0 Å². The van der Waals surface area contributed by atoms with Gasteiger partial charge in [0, 0.05) is 13.1 Å². The molecule has 4 atom stereocenters. The first-order chi connectivity index (χ1) is 11.4. The van der Waals surface area contributed by atoms with Crippen LogP contribution in [0.15, 0.2) is 0 Å². The van der Waals surface area contributed by atoms with E-state index < -0.39 is 39.2 Å². The maximum Gasteiger partial charge on any atom is 0.260 e. The molecule has 0 bridgehead atoms. The molecule has 2 aliphatic rings. The second-order valence-electron chi connectivity index (χ2n) is 8.17. The Morgan fingerprint density at radius 3 is 2.00 bits per heavy atom. The van der Waals surface area contributed by atoms with Gasteiger partial charge in [-0.15, -0.1) is 0 Å². The minimum absolute atomic E-state index is 0.196. The molecule has 3 nitrogen and oxygen atoms in total. The first-order valence-electron chi connectivity index (χ1n) is 9.51. The topological polar surface area (TPSA) is 37.4 Å². The molecule has 0 amide bonds. The van der Waals surface area contributed by atoms with Gasteiger partial charge in [-0.1, -0.05) is 33.1 Å². The Morgan fingerprint density at radius 1 is 0.960 bits per heavy atom. The summed E-state index contributed by atoms with van der Waals surface area (Å²) in [6.45, 7) is 4.84. The van der Waals surface area contributed by atoms with Gasteiger partial charge in [-0.25, -0.2) is 21.6 Å². The Morgan fingerprint density at radius 2 is 1.52 bits per heavy atom. The van der Waals surface area contributed by atoms with Gasteiger partial charge in [0.1, 0.15) is 5.67 Å². The third-order valence-corrected chi connectivity index (χ3v) is 8.92. The van der Waals surface area contributed by atoms with E-state index in [9.17, 15) is 12.8 Å². The van der Waals surface area contributed by atoms with E-state index in [-0.39, 0.29) is 19.0 Å². The highest BCUT2D eigenvalue weighted by Gasteiger charge is 2.68. The number of nitrogens with zero attached hydrogens (tertiary/aromatic N) is 1. The summed E-state index contributed by atoms with van der Waals surface area (Å²) < 4.78 is 73.2. The van der Waals surface area contributed by atoms with E-state index in [1.54, 1.807) is 0 Å². The van der Waals surface area contributed by atoms with Gasteiger partial charge in [-0.05, 0) is 51.4 Å². The van der Waals surface area contributed by atoms with E-state index in [1.807, 2.05) is 0 Å². The van der Waals surface area contributed by atoms with Gasteiger partial charge in [-0.3, -0.25) is 0 Å². The fraction of sp³-hybridized carbons (Fsp3) is 1.00. The average molecular weight is 384 g/mol. The molecule has 1 saturated carbocycles. The Hall–Kier alpha value is -0.300. The molecule has 1 aliphatic carbocycles. The molecule has 148 valence electrons. The lowest BCUT2D eigenvalue weighted by atomic mass is 9.76. The lowest BCUT2D eigenvalue weighted by molar-refractivity contribution is -0.0966. The summed E-state index contributed by atoms with van der Waals surface area (Å²) in [5.41, 5.74) is -5.71. The molecule has 0 N–H and O–H groups in total. The summed E-state index contributed by atoms with van der Waals surface area (Å²) in [5, 5.41) is -3.27. The van der Waals surface area contributed by atoms with Crippen LogP contribution in [0.5, 0.6) is 0 Å². The minimum Gasteiger partial charge on any atom is -0.241 e. The van der Waals surface area contributed by atoms with Crippen molar-refractivity contribution in [3.8, 4) is 0 Å². The smallest absolute Gasteiger partial charge is 0.241 e. The van der Waals surface area contributed by atoms with Crippen LogP contribution in [0.4, 0.5) is 13.2 Å². The van der Waals surface area contributed by atoms with Gasteiger partial charge in [-0.2, -0.15) is 4.31 Å².